The molecule has 0 saturated heterocycles. The third-order valence-electron chi connectivity index (χ3n) is 2.96. The first-order chi connectivity index (χ1) is 10.1. The summed E-state index contributed by atoms with van der Waals surface area (Å²) >= 11 is 3.42. The summed E-state index contributed by atoms with van der Waals surface area (Å²) in [5.41, 5.74) is 0.939. The maximum absolute atomic E-state index is 12.1. The number of hydrogen-bond donors (Lipinski definition) is 0. The van der Waals surface area contributed by atoms with Gasteiger partial charge in [0.15, 0.2) is 0 Å². The zero-order chi connectivity index (χ0) is 15.2. The molecule has 0 fully saturated rings. The van der Waals surface area contributed by atoms with Crippen LogP contribution in [-0.2, 0) is 11.3 Å². The molecule has 0 unspecified atom stereocenters. The molecule has 21 heavy (non-hydrogen) atoms. The van der Waals surface area contributed by atoms with Gasteiger partial charge < -0.3 is 14.1 Å². The summed E-state index contributed by atoms with van der Waals surface area (Å²) < 4.78 is 11.4. The third-order valence-corrected chi connectivity index (χ3v) is 3.45. The van der Waals surface area contributed by atoms with Crippen molar-refractivity contribution in [3.63, 3.8) is 0 Å². The second-order valence-corrected chi connectivity index (χ2v) is 5.41. The van der Waals surface area contributed by atoms with Crippen molar-refractivity contribution in [1.82, 2.24) is 4.90 Å². The van der Waals surface area contributed by atoms with Crippen molar-refractivity contribution in [2.75, 3.05) is 14.2 Å². The second-order valence-electron chi connectivity index (χ2n) is 4.50. The van der Waals surface area contributed by atoms with E-state index in [9.17, 15) is 4.79 Å². The minimum atomic E-state index is -0.103. The van der Waals surface area contributed by atoms with Crippen LogP contribution in [0.15, 0.2) is 51.6 Å². The van der Waals surface area contributed by atoms with Crippen LogP contribution in [0.3, 0.4) is 0 Å². The second kappa shape index (κ2) is 7.13. The van der Waals surface area contributed by atoms with E-state index in [2.05, 4.69) is 15.9 Å². The molecule has 1 aromatic heterocycles. The molecule has 1 aromatic carbocycles. The minimum absolute atomic E-state index is 0.103. The van der Waals surface area contributed by atoms with Gasteiger partial charge in [-0.1, -0.05) is 15.9 Å². The van der Waals surface area contributed by atoms with E-state index in [1.165, 1.54) is 6.08 Å². The predicted molar refractivity (Wildman–Crippen MR) is 84.9 cm³/mol. The van der Waals surface area contributed by atoms with Gasteiger partial charge >= 0.3 is 0 Å². The number of amides is 1. The minimum Gasteiger partial charge on any atom is -0.496 e. The molecule has 0 atom stereocenters. The van der Waals surface area contributed by atoms with Crippen molar-refractivity contribution in [2.45, 2.75) is 6.54 Å². The Hall–Kier alpha value is -2.01. The van der Waals surface area contributed by atoms with E-state index in [0.29, 0.717) is 12.3 Å². The summed E-state index contributed by atoms with van der Waals surface area (Å²) in [5.74, 6) is 1.30. The number of methoxy groups -OCH3 is 1. The number of hydrogen-bond acceptors (Lipinski definition) is 3. The molecule has 110 valence electrons. The fourth-order valence-corrected chi connectivity index (χ4v) is 2.28. The highest BCUT2D eigenvalue weighted by molar-refractivity contribution is 9.10. The number of benzene rings is 1. The molecule has 0 aliphatic carbocycles. The van der Waals surface area contributed by atoms with Gasteiger partial charge in [0.25, 0.3) is 0 Å². The smallest absolute Gasteiger partial charge is 0.246 e. The van der Waals surface area contributed by atoms with Gasteiger partial charge in [-0.15, -0.1) is 0 Å². The van der Waals surface area contributed by atoms with Gasteiger partial charge in [-0.3, -0.25) is 4.79 Å². The number of ether oxygens (including phenoxy) is 1. The average Bonchev–Trinajstić information content (AvgIpc) is 2.98. The topological polar surface area (TPSA) is 42.7 Å². The lowest BCUT2D eigenvalue weighted by atomic mass is 10.2. The Kier molecular flexibility index (Phi) is 5.22. The van der Waals surface area contributed by atoms with Gasteiger partial charge in [0, 0.05) is 29.7 Å². The Morgan fingerprint density at radius 2 is 2.24 bits per heavy atom. The summed E-state index contributed by atoms with van der Waals surface area (Å²) in [6, 6.07) is 9.29. The normalized spacial score (nSPS) is 10.8. The molecule has 0 spiro atoms. The zero-order valence-corrected chi connectivity index (χ0v) is 13.5. The van der Waals surface area contributed by atoms with Crippen LogP contribution < -0.4 is 4.74 Å². The third kappa shape index (κ3) is 4.23. The van der Waals surface area contributed by atoms with Crippen LogP contribution in [-0.4, -0.2) is 25.0 Å². The van der Waals surface area contributed by atoms with E-state index in [1.54, 1.807) is 43.5 Å². The number of halogens is 1. The summed E-state index contributed by atoms with van der Waals surface area (Å²) in [5, 5.41) is 0. The van der Waals surface area contributed by atoms with E-state index in [-0.39, 0.29) is 5.91 Å². The Bertz CT molecular complexity index is 635. The lowest BCUT2D eigenvalue weighted by molar-refractivity contribution is -0.125. The standard InChI is InChI=1S/C16H16BrNO3/c1-18(16(19)8-6-14-4-3-9-21-14)11-12-10-13(17)5-7-15(12)20-2/h3-10H,11H2,1-2H3/b8-6+. The van der Waals surface area contributed by atoms with Crippen molar-refractivity contribution >= 4 is 27.9 Å². The number of furan rings is 1. The van der Waals surface area contributed by atoms with Crippen LogP contribution in [0.5, 0.6) is 5.75 Å². The number of nitrogens with zero attached hydrogens (tertiary/aromatic N) is 1. The fraction of sp³-hybridized carbons (Fsp3) is 0.188. The SMILES string of the molecule is COc1ccc(Br)cc1CN(C)C(=O)/C=C/c1ccco1. The lowest BCUT2D eigenvalue weighted by Crippen LogP contribution is -2.24. The number of rotatable bonds is 5. The molecule has 0 aliphatic rings. The Morgan fingerprint density at radius 1 is 1.43 bits per heavy atom. The van der Waals surface area contributed by atoms with E-state index < -0.39 is 0 Å². The van der Waals surface area contributed by atoms with E-state index in [1.807, 2.05) is 18.2 Å². The van der Waals surface area contributed by atoms with E-state index in [0.717, 1.165) is 15.8 Å². The van der Waals surface area contributed by atoms with Crippen LogP contribution in [0, 0.1) is 0 Å². The molecule has 2 rings (SSSR count). The van der Waals surface area contributed by atoms with Crippen LogP contribution >= 0.6 is 15.9 Å². The first-order valence-electron chi connectivity index (χ1n) is 6.39. The largest absolute Gasteiger partial charge is 0.496 e. The van der Waals surface area contributed by atoms with Gasteiger partial charge in [-0.25, -0.2) is 0 Å². The molecule has 0 radical (unpaired) electrons. The maximum atomic E-state index is 12.1. The lowest BCUT2D eigenvalue weighted by Gasteiger charge is -2.17. The molecular weight excluding hydrogens is 334 g/mol. The van der Waals surface area contributed by atoms with Gasteiger partial charge in [0.1, 0.15) is 11.5 Å². The number of carbonyl (C=O) groups excluding carboxylic acids is 1. The molecule has 1 heterocycles. The van der Waals surface area contributed by atoms with Crippen LogP contribution in [0.1, 0.15) is 11.3 Å². The number of likely N-dealkylation sites (N-methyl/N-ethyl adjacent to an activating group) is 1. The first-order valence-corrected chi connectivity index (χ1v) is 7.18. The monoisotopic (exact) mass is 349 g/mol. The maximum Gasteiger partial charge on any atom is 0.246 e. The first kappa shape index (κ1) is 15.4. The predicted octanol–water partition coefficient (Wildman–Crippen LogP) is 3.72. The van der Waals surface area contributed by atoms with Crippen molar-refractivity contribution in [2.24, 2.45) is 0 Å². The van der Waals surface area contributed by atoms with Crippen molar-refractivity contribution in [3.8, 4) is 5.75 Å². The molecule has 5 heteroatoms. The van der Waals surface area contributed by atoms with Gasteiger partial charge in [0.2, 0.25) is 5.91 Å². The van der Waals surface area contributed by atoms with Crippen LogP contribution in [0.2, 0.25) is 0 Å². The van der Waals surface area contributed by atoms with E-state index >= 15 is 0 Å². The highest BCUT2D eigenvalue weighted by atomic mass is 79.9. The highest BCUT2D eigenvalue weighted by Crippen LogP contribution is 2.24. The van der Waals surface area contributed by atoms with Crippen LogP contribution in [0.4, 0.5) is 0 Å². The molecule has 0 bridgehead atoms. The van der Waals surface area contributed by atoms with Gasteiger partial charge in [-0.2, -0.15) is 0 Å². The molecule has 0 saturated carbocycles. The van der Waals surface area contributed by atoms with Crippen molar-refractivity contribution in [1.29, 1.82) is 0 Å². The molecule has 0 N–H and O–H groups in total. The summed E-state index contributed by atoms with van der Waals surface area (Å²) in [7, 11) is 3.36. The molecular formula is C16H16BrNO3. The Morgan fingerprint density at radius 3 is 2.90 bits per heavy atom. The summed E-state index contributed by atoms with van der Waals surface area (Å²) in [4.78, 5) is 13.7. The molecule has 1 amide bonds. The fourth-order valence-electron chi connectivity index (χ4n) is 1.87. The summed E-state index contributed by atoms with van der Waals surface area (Å²) in [6.45, 7) is 0.462. The van der Waals surface area contributed by atoms with Crippen molar-refractivity contribution in [3.05, 3.63) is 58.5 Å². The van der Waals surface area contributed by atoms with Crippen molar-refractivity contribution < 1.29 is 13.9 Å². The molecule has 4 nitrogen and oxygen atoms in total. The van der Waals surface area contributed by atoms with Crippen LogP contribution in [0.25, 0.3) is 6.08 Å². The average molecular weight is 350 g/mol. The van der Waals surface area contributed by atoms with E-state index in [4.69, 9.17) is 9.15 Å². The number of carbonyl (C=O) groups is 1. The highest BCUT2D eigenvalue weighted by Gasteiger charge is 2.10. The summed E-state index contributed by atoms with van der Waals surface area (Å²) in [6.07, 6.45) is 4.71. The quantitative estimate of drug-likeness (QED) is 0.772. The van der Waals surface area contributed by atoms with Gasteiger partial charge in [0.05, 0.1) is 13.4 Å². The Balaban J connectivity index is 2.05. The zero-order valence-electron chi connectivity index (χ0n) is 11.9. The molecule has 0 aliphatic heterocycles. The molecule has 2 aromatic rings. The Labute approximate surface area is 132 Å². The van der Waals surface area contributed by atoms with Gasteiger partial charge in [-0.05, 0) is 36.4 Å².